The van der Waals surface area contributed by atoms with Crippen LogP contribution in [0.3, 0.4) is 0 Å². The van der Waals surface area contributed by atoms with Gasteiger partial charge < -0.3 is 24.7 Å². The molecular weight excluding hydrogens is 382 g/mol. The van der Waals surface area contributed by atoms with E-state index < -0.39 is 0 Å². The first-order valence-corrected chi connectivity index (χ1v) is 9.99. The first-order chi connectivity index (χ1) is 14.6. The SMILES string of the molecule is COc1ccc(NC(=O)[C@@H]2CCCN(C(=O)c3cc4ccccc4[nH]3)C2)cc1OC. The number of fused-ring (bicyclic) bond motifs is 1. The Hall–Kier alpha value is -3.48. The number of amides is 2. The van der Waals surface area contributed by atoms with E-state index in [1.54, 1.807) is 37.3 Å². The van der Waals surface area contributed by atoms with Crippen LogP contribution < -0.4 is 14.8 Å². The summed E-state index contributed by atoms with van der Waals surface area (Å²) in [5.74, 6) is 0.712. The molecule has 1 fully saturated rings. The fourth-order valence-corrected chi connectivity index (χ4v) is 3.89. The molecule has 156 valence electrons. The predicted molar refractivity (Wildman–Crippen MR) is 115 cm³/mol. The number of carbonyl (C=O) groups is 2. The Labute approximate surface area is 175 Å². The summed E-state index contributed by atoms with van der Waals surface area (Å²) in [7, 11) is 3.12. The van der Waals surface area contributed by atoms with Gasteiger partial charge in [-0.05, 0) is 37.1 Å². The summed E-state index contributed by atoms with van der Waals surface area (Å²) in [5, 5.41) is 3.94. The molecule has 0 aliphatic carbocycles. The van der Waals surface area contributed by atoms with Crippen LogP contribution in [-0.4, -0.2) is 49.0 Å². The van der Waals surface area contributed by atoms with Crippen LogP contribution in [0.1, 0.15) is 23.3 Å². The van der Waals surface area contributed by atoms with Gasteiger partial charge in [-0.25, -0.2) is 0 Å². The van der Waals surface area contributed by atoms with Gasteiger partial charge in [-0.3, -0.25) is 9.59 Å². The molecule has 7 heteroatoms. The number of aromatic nitrogens is 1. The smallest absolute Gasteiger partial charge is 0.270 e. The highest BCUT2D eigenvalue weighted by Crippen LogP contribution is 2.30. The van der Waals surface area contributed by atoms with E-state index >= 15 is 0 Å². The van der Waals surface area contributed by atoms with Gasteiger partial charge in [-0.2, -0.15) is 0 Å². The Kier molecular flexibility index (Phi) is 5.61. The standard InChI is InChI=1S/C23H25N3O4/c1-29-20-10-9-17(13-21(20)30-2)24-22(27)16-7-5-11-26(14-16)23(28)19-12-15-6-3-4-8-18(15)25-19/h3-4,6,8-10,12-13,16,25H,5,7,11,14H2,1-2H3,(H,24,27)/t16-/m1/s1. The van der Waals surface area contributed by atoms with E-state index in [1.807, 2.05) is 30.3 Å². The second kappa shape index (κ2) is 8.49. The van der Waals surface area contributed by atoms with Crippen molar-refractivity contribution in [3.63, 3.8) is 0 Å². The molecule has 1 aliphatic rings. The van der Waals surface area contributed by atoms with Crippen LogP contribution in [0.4, 0.5) is 5.69 Å². The predicted octanol–water partition coefficient (Wildman–Crippen LogP) is 3.68. The highest BCUT2D eigenvalue weighted by Gasteiger charge is 2.29. The maximum absolute atomic E-state index is 13.0. The third kappa shape index (κ3) is 3.96. The highest BCUT2D eigenvalue weighted by molar-refractivity contribution is 5.99. The van der Waals surface area contributed by atoms with Gasteiger partial charge in [-0.15, -0.1) is 0 Å². The van der Waals surface area contributed by atoms with E-state index in [0.717, 1.165) is 23.7 Å². The second-order valence-electron chi connectivity index (χ2n) is 7.42. The number of benzene rings is 2. The lowest BCUT2D eigenvalue weighted by molar-refractivity contribution is -0.121. The molecule has 2 amide bonds. The number of hydrogen-bond acceptors (Lipinski definition) is 4. The molecular formula is C23H25N3O4. The van der Waals surface area contributed by atoms with Crippen LogP contribution in [0.5, 0.6) is 11.5 Å². The minimum Gasteiger partial charge on any atom is -0.493 e. The van der Waals surface area contributed by atoms with Crippen LogP contribution in [0.15, 0.2) is 48.5 Å². The van der Waals surface area contributed by atoms with E-state index in [0.29, 0.717) is 36.0 Å². The van der Waals surface area contributed by atoms with E-state index in [1.165, 1.54) is 0 Å². The molecule has 0 radical (unpaired) electrons. The van der Waals surface area contributed by atoms with E-state index in [4.69, 9.17) is 9.47 Å². The summed E-state index contributed by atoms with van der Waals surface area (Å²) in [6.45, 7) is 1.04. The molecule has 0 unspecified atom stereocenters. The maximum atomic E-state index is 13.0. The fraction of sp³-hybridized carbons (Fsp3) is 0.304. The molecule has 3 aromatic rings. The van der Waals surface area contributed by atoms with Crippen molar-refractivity contribution in [3.05, 3.63) is 54.2 Å². The molecule has 0 bridgehead atoms. The lowest BCUT2D eigenvalue weighted by Gasteiger charge is -2.31. The highest BCUT2D eigenvalue weighted by atomic mass is 16.5. The van der Waals surface area contributed by atoms with E-state index in [2.05, 4.69) is 10.3 Å². The molecule has 1 saturated heterocycles. The van der Waals surface area contributed by atoms with E-state index in [-0.39, 0.29) is 17.7 Å². The number of rotatable bonds is 5. The number of carbonyl (C=O) groups excluding carboxylic acids is 2. The summed E-state index contributed by atoms with van der Waals surface area (Å²) < 4.78 is 10.5. The van der Waals surface area contributed by atoms with Crippen molar-refractivity contribution in [3.8, 4) is 11.5 Å². The Balaban J connectivity index is 1.44. The van der Waals surface area contributed by atoms with Crippen molar-refractivity contribution in [1.82, 2.24) is 9.88 Å². The van der Waals surface area contributed by atoms with Gasteiger partial charge in [0.2, 0.25) is 5.91 Å². The second-order valence-corrected chi connectivity index (χ2v) is 7.42. The zero-order valence-electron chi connectivity index (χ0n) is 17.1. The number of ether oxygens (including phenoxy) is 2. The quantitative estimate of drug-likeness (QED) is 0.676. The topological polar surface area (TPSA) is 83.7 Å². The van der Waals surface area contributed by atoms with Crippen molar-refractivity contribution in [2.24, 2.45) is 5.92 Å². The van der Waals surface area contributed by atoms with E-state index in [9.17, 15) is 9.59 Å². The summed E-state index contributed by atoms with van der Waals surface area (Å²) >= 11 is 0. The third-order valence-electron chi connectivity index (χ3n) is 5.49. The van der Waals surface area contributed by atoms with Gasteiger partial charge >= 0.3 is 0 Å². The molecule has 1 atom stereocenters. The van der Waals surface area contributed by atoms with Gasteiger partial charge in [0, 0.05) is 35.7 Å². The largest absolute Gasteiger partial charge is 0.493 e. The summed E-state index contributed by atoms with van der Waals surface area (Å²) in [6, 6.07) is 14.9. The molecule has 30 heavy (non-hydrogen) atoms. The number of nitrogens with zero attached hydrogens (tertiary/aromatic N) is 1. The molecule has 2 heterocycles. The average molecular weight is 407 g/mol. The van der Waals surface area contributed by atoms with Crippen molar-refractivity contribution in [2.75, 3.05) is 32.6 Å². The first kappa shape index (κ1) is 19.8. The number of piperidine rings is 1. The van der Waals surface area contributed by atoms with Gasteiger partial charge in [0.1, 0.15) is 5.69 Å². The number of hydrogen-bond donors (Lipinski definition) is 2. The number of aromatic amines is 1. The van der Waals surface area contributed by atoms with Gasteiger partial charge in [0.05, 0.1) is 20.1 Å². The number of para-hydroxylation sites is 1. The third-order valence-corrected chi connectivity index (χ3v) is 5.49. The van der Waals surface area contributed by atoms with Gasteiger partial charge in [-0.1, -0.05) is 18.2 Å². The van der Waals surface area contributed by atoms with Crippen LogP contribution in [0.25, 0.3) is 10.9 Å². The van der Waals surface area contributed by atoms with Crippen LogP contribution in [0.2, 0.25) is 0 Å². The van der Waals surface area contributed by atoms with Crippen molar-refractivity contribution >= 4 is 28.4 Å². The van der Waals surface area contributed by atoms with Gasteiger partial charge in [0.25, 0.3) is 5.91 Å². The van der Waals surface area contributed by atoms with Crippen LogP contribution >= 0.6 is 0 Å². The number of likely N-dealkylation sites (tertiary alicyclic amines) is 1. The number of nitrogens with one attached hydrogen (secondary N) is 2. The Bertz CT molecular complexity index is 1040. The lowest BCUT2D eigenvalue weighted by atomic mass is 9.96. The minimum absolute atomic E-state index is 0.0742. The Morgan fingerprint density at radius 1 is 1.07 bits per heavy atom. The molecule has 0 spiro atoms. The number of H-pyrrole nitrogens is 1. The van der Waals surface area contributed by atoms with Crippen molar-refractivity contribution in [2.45, 2.75) is 12.8 Å². The molecule has 2 aromatic carbocycles. The number of methoxy groups -OCH3 is 2. The van der Waals surface area contributed by atoms with Crippen LogP contribution in [0, 0.1) is 5.92 Å². The molecule has 2 N–H and O–H groups in total. The average Bonchev–Trinajstić information content (AvgIpc) is 3.22. The zero-order chi connectivity index (χ0) is 21.1. The lowest BCUT2D eigenvalue weighted by Crippen LogP contribution is -2.43. The summed E-state index contributed by atoms with van der Waals surface area (Å²) in [6.07, 6.45) is 1.53. The van der Waals surface area contributed by atoms with Crippen LogP contribution in [-0.2, 0) is 4.79 Å². The normalized spacial score (nSPS) is 16.3. The minimum atomic E-state index is -0.264. The molecule has 1 aromatic heterocycles. The van der Waals surface area contributed by atoms with Gasteiger partial charge in [0.15, 0.2) is 11.5 Å². The zero-order valence-corrected chi connectivity index (χ0v) is 17.1. The summed E-state index contributed by atoms with van der Waals surface area (Å²) in [5.41, 5.74) is 2.12. The van der Waals surface area contributed by atoms with Crippen molar-refractivity contribution < 1.29 is 19.1 Å². The summed E-state index contributed by atoms with van der Waals surface area (Å²) in [4.78, 5) is 30.8. The molecule has 1 aliphatic heterocycles. The Morgan fingerprint density at radius 3 is 2.63 bits per heavy atom. The fourth-order valence-electron chi connectivity index (χ4n) is 3.89. The number of anilines is 1. The Morgan fingerprint density at radius 2 is 1.87 bits per heavy atom. The first-order valence-electron chi connectivity index (χ1n) is 9.99. The van der Waals surface area contributed by atoms with Crippen molar-refractivity contribution in [1.29, 1.82) is 0 Å². The maximum Gasteiger partial charge on any atom is 0.270 e. The molecule has 0 saturated carbocycles. The molecule has 7 nitrogen and oxygen atoms in total. The monoisotopic (exact) mass is 407 g/mol. The molecule has 4 rings (SSSR count).